The van der Waals surface area contributed by atoms with E-state index in [4.69, 9.17) is 19.7 Å². The van der Waals surface area contributed by atoms with Gasteiger partial charge in [-0.3, -0.25) is 0 Å². The molecule has 0 fully saturated rings. The van der Waals surface area contributed by atoms with E-state index in [0.717, 1.165) is 0 Å². The highest BCUT2D eigenvalue weighted by molar-refractivity contribution is 7.44. The predicted molar refractivity (Wildman–Crippen MR) is 59.2 cm³/mol. The summed E-state index contributed by atoms with van der Waals surface area (Å²) >= 11 is 0. The molecule has 0 rings (SSSR count). The summed E-state index contributed by atoms with van der Waals surface area (Å²) in [7, 11) is -2.15. The predicted octanol–water partition coefficient (Wildman–Crippen LogP) is 0.740. The van der Waals surface area contributed by atoms with E-state index in [1.54, 1.807) is 13.8 Å². The molecule has 0 bridgehead atoms. The van der Waals surface area contributed by atoms with Gasteiger partial charge in [0.1, 0.15) is 7.80 Å². The lowest BCUT2D eigenvalue weighted by Crippen LogP contribution is -2.45. The smallest absolute Gasteiger partial charge is 0.364 e. The second-order valence-corrected chi connectivity index (χ2v) is 5.01. The summed E-state index contributed by atoms with van der Waals surface area (Å²) in [6, 6.07) is 0. The third kappa shape index (κ3) is 4.61. The Morgan fingerprint density at radius 1 is 1.31 bits per heavy atom. The van der Waals surface area contributed by atoms with E-state index in [1.165, 1.54) is 0 Å². The van der Waals surface area contributed by atoms with Gasteiger partial charge in [0.25, 0.3) is 5.79 Å². The maximum Gasteiger partial charge on any atom is 0.364 e. The standard InChI is InChI=1S/C9H19O6P/c1-3-14-9(8(11)12,15-4-2)5-6-16(13)7-10/h10,16H,3-7H2,1-2H3,(H,11,12). The van der Waals surface area contributed by atoms with E-state index in [0.29, 0.717) is 0 Å². The molecular formula is C9H19O6P. The Morgan fingerprint density at radius 2 is 1.81 bits per heavy atom. The molecule has 0 aromatic heterocycles. The molecule has 0 heterocycles. The topological polar surface area (TPSA) is 93.1 Å². The fourth-order valence-electron chi connectivity index (χ4n) is 1.27. The van der Waals surface area contributed by atoms with Gasteiger partial charge in [-0.15, -0.1) is 0 Å². The normalized spacial score (nSPS) is 13.7. The lowest BCUT2D eigenvalue weighted by atomic mass is 10.2. The van der Waals surface area contributed by atoms with Gasteiger partial charge in [0.2, 0.25) is 0 Å². The minimum absolute atomic E-state index is 0.0254. The summed E-state index contributed by atoms with van der Waals surface area (Å²) in [5, 5.41) is 17.7. The van der Waals surface area contributed by atoms with E-state index in [1.807, 2.05) is 0 Å². The van der Waals surface area contributed by atoms with Crippen LogP contribution in [0.5, 0.6) is 0 Å². The maximum absolute atomic E-state index is 11.1. The highest BCUT2D eigenvalue weighted by Gasteiger charge is 2.40. The molecule has 2 N–H and O–H groups in total. The molecule has 0 aliphatic rings. The van der Waals surface area contributed by atoms with Crippen LogP contribution in [0.4, 0.5) is 0 Å². The number of carboxylic acids is 1. The van der Waals surface area contributed by atoms with Gasteiger partial charge in [-0.05, 0) is 13.8 Å². The van der Waals surface area contributed by atoms with Crippen molar-refractivity contribution in [2.45, 2.75) is 26.1 Å². The molecule has 0 aliphatic heterocycles. The SMILES string of the molecule is CCOC(CC[PH](=O)CO)(OCC)C(=O)O. The van der Waals surface area contributed by atoms with E-state index >= 15 is 0 Å². The Morgan fingerprint density at radius 3 is 2.12 bits per heavy atom. The Hall–Kier alpha value is -0.420. The summed E-state index contributed by atoms with van der Waals surface area (Å²) in [4.78, 5) is 11.1. The number of rotatable bonds is 9. The Bertz CT molecular complexity index is 236. The first kappa shape index (κ1) is 15.6. The first-order chi connectivity index (χ1) is 7.52. The lowest BCUT2D eigenvalue weighted by Gasteiger charge is -2.28. The van der Waals surface area contributed by atoms with E-state index in [2.05, 4.69) is 0 Å². The van der Waals surface area contributed by atoms with Gasteiger partial charge in [0.15, 0.2) is 0 Å². The maximum atomic E-state index is 11.1. The second kappa shape index (κ2) is 7.79. The van der Waals surface area contributed by atoms with Crippen LogP contribution in [0.3, 0.4) is 0 Å². The molecule has 1 atom stereocenters. The molecule has 0 saturated heterocycles. The fourth-order valence-corrected chi connectivity index (χ4v) is 2.03. The lowest BCUT2D eigenvalue weighted by molar-refractivity contribution is -0.242. The van der Waals surface area contributed by atoms with Crippen molar-refractivity contribution in [3.05, 3.63) is 0 Å². The Kier molecular flexibility index (Phi) is 7.58. The molecule has 1 unspecified atom stereocenters. The zero-order valence-corrected chi connectivity index (χ0v) is 10.6. The first-order valence-electron chi connectivity index (χ1n) is 5.16. The van der Waals surface area contributed by atoms with Crippen molar-refractivity contribution in [1.82, 2.24) is 0 Å². The number of hydrogen-bond donors (Lipinski definition) is 2. The van der Waals surface area contributed by atoms with Gasteiger partial charge in [-0.25, -0.2) is 4.79 Å². The van der Waals surface area contributed by atoms with Crippen molar-refractivity contribution < 1.29 is 29.0 Å². The summed E-state index contributed by atoms with van der Waals surface area (Å²) < 4.78 is 21.3. The van der Waals surface area contributed by atoms with Crippen molar-refractivity contribution in [3.63, 3.8) is 0 Å². The van der Waals surface area contributed by atoms with Gasteiger partial charge in [0, 0.05) is 25.8 Å². The first-order valence-corrected chi connectivity index (χ1v) is 6.98. The van der Waals surface area contributed by atoms with Gasteiger partial charge in [-0.2, -0.15) is 0 Å². The zero-order chi connectivity index (χ0) is 12.6. The second-order valence-electron chi connectivity index (χ2n) is 3.12. The number of aliphatic hydroxyl groups is 1. The van der Waals surface area contributed by atoms with Crippen LogP contribution < -0.4 is 0 Å². The number of carboxylic acid groups (broad SMARTS) is 1. The summed E-state index contributed by atoms with van der Waals surface area (Å²) in [6.45, 7) is 3.69. The quantitative estimate of drug-likeness (QED) is 0.465. The number of carbonyl (C=O) groups is 1. The summed E-state index contributed by atoms with van der Waals surface area (Å²) in [6.07, 6.45) is -0.353. The van der Waals surface area contributed by atoms with Gasteiger partial charge < -0.3 is 24.3 Å². The molecule has 6 nitrogen and oxygen atoms in total. The van der Waals surface area contributed by atoms with Crippen LogP contribution in [0.15, 0.2) is 0 Å². The molecule has 0 saturated carbocycles. The van der Waals surface area contributed by atoms with Crippen molar-refractivity contribution in [3.8, 4) is 0 Å². The molecule has 0 aromatic rings. The van der Waals surface area contributed by atoms with Crippen LogP contribution in [-0.4, -0.2) is 47.7 Å². The molecular weight excluding hydrogens is 235 g/mol. The summed E-state index contributed by atoms with van der Waals surface area (Å²) in [5.74, 6) is -2.97. The van der Waals surface area contributed by atoms with E-state index in [9.17, 15) is 9.36 Å². The molecule has 96 valence electrons. The van der Waals surface area contributed by atoms with Gasteiger partial charge in [-0.1, -0.05) is 0 Å². The van der Waals surface area contributed by atoms with Crippen LogP contribution in [-0.2, 0) is 18.8 Å². The van der Waals surface area contributed by atoms with E-state index < -0.39 is 25.9 Å². The Labute approximate surface area is 95.3 Å². The van der Waals surface area contributed by atoms with Crippen LogP contribution in [0.2, 0.25) is 0 Å². The van der Waals surface area contributed by atoms with Crippen molar-refractivity contribution in [1.29, 1.82) is 0 Å². The number of hydrogen-bond acceptors (Lipinski definition) is 5. The largest absolute Gasteiger partial charge is 0.477 e. The van der Waals surface area contributed by atoms with Gasteiger partial charge >= 0.3 is 5.97 Å². The van der Waals surface area contributed by atoms with Gasteiger partial charge in [0.05, 0.1) is 6.35 Å². The minimum Gasteiger partial charge on any atom is -0.477 e. The van der Waals surface area contributed by atoms with Crippen LogP contribution in [0, 0.1) is 0 Å². The monoisotopic (exact) mass is 254 g/mol. The minimum atomic E-state index is -2.15. The van der Waals surface area contributed by atoms with Crippen LogP contribution in [0.1, 0.15) is 20.3 Å². The third-order valence-corrected chi connectivity index (χ3v) is 3.15. The summed E-state index contributed by atoms with van der Waals surface area (Å²) in [5.41, 5.74) is 0. The van der Waals surface area contributed by atoms with Crippen LogP contribution in [0.25, 0.3) is 0 Å². The third-order valence-electron chi connectivity index (χ3n) is 1.99. The number of ether oxygens (including phenoxy) is 2. The highest BCUT2D eigenvalue weighted by atomic mass is 31.1. The highest BCUT2D eigenvalue weighted by Crippen LogP contribution is 2.27. The average Bonchev–Trinajstić information content (AvgIpc) is 2.25. The number of aliphatic carboxylic acids is 1. The molecule has 0 aliphatic carbocycles. The molecule has 0 amide bonds. The van der Waals surface area contributed by atoms with E-state index in [-0.39, 0.29) is 25.8 Å². The molecule has 0 aromatic carbocycles. The average molecular weight is 254 g/mol. The fraction of sp³-hybridized carbons (Fsp3) is 0.889. The zero-order valence-electron chi connectivity index (χ0n) is 9.56. The molecule has 0 spiro atoms. The van der Waals surface area contributed by atoms with Crippen molar-refractivity contribution in [2.75, 3.05) is 25.7 Å². The molecule has 0 radical (unpaired) electrons. The molecule has 16 heavy (non-hydrogen) atoms. The van der Waals surface area contributed by atoms with Crippen molar-refractivity contribution in [2.24, 2.45) is 0 Å². The molecule has 7 heteroatoms. The van der Waals surface area contributed by atoms with Crippen molar-refractivity contribution >= 4 is 13.8 Å². The van der Waals surface area contributed by atoms with Crippen LogP contribution >= 0.6 is 7.80 Å². The Balaban J connectivity index is 4.60. The number of aliphatic hydroxyl groups excluding tert-OH is 1.